The number of thiazole rings is 1. The van der Waals surface area contributed by atoms with Gasteiger partial charge < -0.3 is 9.67 Å². The molecule has 6 heteroatoms. The minimum absolute atomic E-state index is 0.199. The van der Waals surface area contributed by atoms with Crippen molar-refractivity contribution in [2.24, 2.45) is 11.8 Å². The van der Waals surface area contributed by atoms with E-state index in [-0.39, 0.29) is 5.56 Å². The van der Waals surface area contributed by atoms with Crippen molar-refractivity contribution in [1.82, 2.24) is 9.55 Å². The molecule has 1 aliphatic rings. The second-order valence-electron chi connectivity index (χ2n) is 8.33. The summed E-state index contributed by atoms with van der Waals surface area (Å²) in [5.41, 5.74) is 4.90. The van der Waals surface area contributed by atoms with Crippen LogP contribution in [0.1, 0.15) is 88.7 Å². The number of aromatic nitrogens is 2. The van der Waals surface area contributed by atoms with Crippen molar-refractivity contribution in [1.29, 1.82) is 0 Å². The number of allylic oxidation sites excluding steroid dienone is 3. The van der Waals surface area contributed by atoms with E-state index >= 15 is 0 Å². The Morgan fingerprint density at radius 2 is 1.91 bits per heavy atom. The SMILES string of the molecule is C=C(/C(=C(\C)c1cc(=O)c(C(=O)O)cn1CCC)c1cncs1)C1CC1.CC.CC(C)C. The summed E-state index contributed by atoms with van der Waals surface area (Å²) >= 11 is 1.55. The van der Waals surface area contributed by atoms with Crippen LogP contribution in [0, 0.1) is 11.8 Å². The minimum atomic E-state index is -1.20. The standard InChI is InChI=1S/C20H22N2O3S.C4H10.C2H6/c1-4-7-22-10-15(20(24)25)17(23)8-16(22)13(3)19(12(2)14-5-6-14)18-9-21-11-26-18;1-4(2)3;1-2/h8-11,14H,2,4-7H2,1,3H3,(H,24,25);4H,1-3H3;1-2H3/b19-13-;;. The number of hydrogen-bond donors (Lipinski definition) is 1. The third-order valence-electron chi connectivity index (χ3n) is 4.65. The Hall–Kier alpha value is -2.47. The second-order valence-corrected chi connectivity index (χ2v) is 9.22. The molecule has 0 aliphatic heterocycles. The molecule has 0 amide bonds. The van der Waals surface area contributed by atoms with Gasteiger partial charge in [-0.05, 0) is 49.2 Å². The van der Waals surface area contributed by atoms with Crippen LogP contribution in [-0.4, -0.2) is 20.6 Å². The molecule has 0 unspecified atom stereocenters. The first-order valence-corrected chi connectivity index (χ1v) is 12.3. The van der Waals surface area contributed by atoms with Crippen LogP contribution >= 0.6 is 11.3 Å². The van der Waals surface area contributed by atoms with Crippen LogP contribution in [-0.2, 0) is 6.54 Å². The van der Waals surface area contributed by atoms with Crippen molar-refractivity contribution in [3.8, 4) is 0 Å². The first kappa shape index (κ1) is 27.6. The first-order chi connectivity index (χ1) is 15.2. The van der Waals surface area contributed by atoms with E-state index in [1.807, 2.05) is 38.5 Å². The van der Waals surface area contributed by atoms with Gasteiger partial charge in [-0.25, -0.2) is 4.79 Å². The number of nitrogens with zero attached hydrogens (tertiary/aromatic N) is 2. The molecule has 32 heavy (non-hydrogen) atoms. The zero-order valence-corrected chi connectivity index (χ0v) is 21.4. The Morgan fingerprint density at radius 1 is 1.31 bits per heavy atom. The summed E-state index contributed by atoms with van der Waals surface area (Å²) in [4.78, 5) is 28.9. The maximum atomic E-state index is 12.3. The van der Waals surface area contributed by atoms with E-state index in [4.69, 9.17) is 0 Å². The minimum Gasteiger partial charge on any atom is -0.477 e. The van der Waals surface area contributed by atoms with Gasteiger partial charge in [-0.3, -0.25) is 9.78 Å². The van der Waals surface area contributed by atoms with E-state index in [2.05, 4.69) is 32.3 Å². The number of pyridine rings is 1. The lowest BCUT2D eigenvalue weighted by Crippen LogP contribution is -2.20. The van der Waals surface area contributed by atoms with Crippen LogP contribution in [0.5, 0.6) is 0 Å². The summed E-state index contributed by atoms with van der Waals surface area (Å²) in [6.45, 7) is 19.4. The number of carboxylic acid groups (broad SMARTS) is 1. The monoisotopic (exact) mass is 458 g/mol. The molecule has 2 heterocycles. The van der Waals surface area contributed by atoms with Gasteiger partial charge in [0.25, 0.3) is 0 Å². The quantitative estimate of drug-likeness (QED) is 0.453. The lowest BCUT2D eigenvalue weighted by Gasteiger charge is -2.18. The molecule has 1 aliphatic carbocycles. The van der Waals surface area contributed by atoms with Gasteiger partial charge in [0.2, 0.25) is 0 Å². The highest BCUT2D eigenvalue weighted by molar-refractivity contribution is 7.10. The zero-order valence-electron chi connectivity index (χ0n) is 20.6. The molecule has 2 aromatic rings. The van der Waals surface area contributed by atoms with Crippen LogP contribution in [0.3, 0.4) is 0 Å². The largest absolute Gasteiger partial charge is 0.477 e. The molecule has 0 aromatic carbocycles. The predicted molar refractivity (Wildman–Crippen MR) is 136 cm³/mol. The zero-order chi connectivity index (χ0) is 24.4. The van der Waals surface area contributed by atoms with Crippen LogP contribution in [0.15, 0.2) is 40.9 Å². The van der Waals surface area contributed by atoms with E-state index in [0.29, 0.717) is 12.5 Å². The highest BCUT2D eigenvalue weighted by atomic mass is 32.1. The highest BCUT2D eigenvalue weighted by Gasteiger charge is 2.29. The molecule has 0 radical (unpaired) electrons. The van der Waals surface area contributed by atoms with Gasteiger partial charge in [0, 0.05) is 36.3 Å². The van der Waals surface area contributed by atoms with Gasteiger partial charge in [0.15, 0.2) is 5.43 Å². The molecule has 3 rings (SSSR count). The number of carboxylic acids is 1. The van der Waals surface area contributed by atoms with Crippen molar-refractivity contribution >= 4 is 28.5 Å². The summed E-state index contributed by atoms with van der Waals surface area (Å²) in [5.74, 6) is 0.116. The second kappa shape index (κ2) is 13.2. The maximum Gasteiger partial charge on any atom is 0.341 e. The molecule has 2 aromatic heterocycles. The molecule has 1 N–H and O–H groups in total. The molecule has 176 valence electrons. The van der Waals surface area contributed by atoms with Gasteiger partial charge in [0.1, 0.15) is 5.56 Å². The normalized spacial score (nSPS) is 13.4. The number of rotatable bonds is 7. The fraction of sp³-hybridized carbons (Fsp3) is 0.500. The van der Waals surface area contributed by atoms with Crippen LogP contribution < -0.4 is 5.43 Å². The number of aromatic carboxylic acids is 1. The third kappa shape index (κ3) is 7.59. The third-order valence-corrected chi connectivity index (χ3v) is 5.44. The fourth-order valence-corrected chi connectivity index (χ4v) is 3.93. The van der Waals surface area contributed by atoms with E-state index in [1.54, 1.807) is 16.8 Å². The van der Waals surface area contributed by atoms with Crippen LogP contribution in [0.4, 0.5) is 0 Å². The number of aryl methyl sites for hydroxylation is 1. The van der Waals surface area contributed by atoms with Crippen molar-refractivity contribution in [3.63, 3.8) is 0 Å². The van der Waals surface area contributed by atoms with Gasteiger partial charge >= 0.3 is 5.97 Å². The Balaban J connectivity index is 0.000000769. The first-order valence-electron chi connectivity index (χ1n) is 11.4. The smallest absolute Gasteiger partial charge is 0.341 e. The highest BCUT2D eigenvalue weighted by Crippen LogP contribution is 2.45. The van der Waals surface area contributed by atoms with Gasteiger partial charge in [-0.15, -0.1) is 11.3 Å². The Bertz CT molecular complexity index is 978. The molecular weight excluding hydrogens is 420 g/mol. The summed E-state index contributed by atoms with van der Waals surface area (Å²) in [5, 5.41) is 9.27. The molecule has 1 fully saturated rings. The van der Waals surface area contributed by atoms with Crippen LogP contribution in [0.2, 0.25) is 0 Å². The van der Waals surface area contributed by atoms with Crippen molar-refractivity contribution in [2.45, 2.75) is 74.3 Å². The van der Waals surface area contributed by atoms with Gasteiger partial charge in [-0.2, -0.15) is 0 Å². The van der Waals surface area contributed by atoms with Crippen molar-refractivity contribution < 1.29 is 9.90 Å². The maximum absolute atomic E-state index is 12.3. The van der Waals surface area contributed by atoms with E-state index < -0.39 is 11.4 Å². The Labute approximate surface area is 196 Å². The molecule has 5 nitrogen and oxygen atoms in total. The molecule has 0 spiro atoms. The number of carbonyl (C=O) groups is 1. The molecular formula is C26H38N2O3S. The molecule has 1 saturated carbocycles. The van der Waals surface area contributed by atoms with E-state index in [0.717, 1.165) is 52.5 Å². The summed E-state index contributed by atoms with van der Waals surface area (Å²) < 4.78 is 1.86. The predicted octanol–water partition coefficient (Wildman–Crippen LogP) is 7.00. The lowest BCUT2D eigenvalue weighted by molar-refractivity contribution is 0.0694. The van der Waals surface area contributed by atoms with Crippen molar-refractivity contribution in [3.05, 3.63) is 62.5 Å². The average Bonchev–Trinajstić information content (AvgIpc) is 3.46. The number of hydrogen-bond acceptors (Lipinski definition) is 4. The van der Waals surface area contributed by atoms with Gasteiger partial charge in [-0.1, -0.05) is 48.1 Å². The molecule has 0 saturated heterocycles. The van der Waals surface area contributed by atoms with Crippen LogP contribution in [0.25, 0.3) is 11.1 Å². The summed E-state index contributed by atoms with van der Waals surface area (Å²) in [7, 11) is 0. The van der Waals surface area contributed by atoms with E-state index in [9.17, 15) is 14.7 Å². The topological polar surface area (TPSA) is 72.2 Å². The Morgan fingerprint density at radius 3 is 2.34 bits per heavy atom. The summed E-state index contributed by atoms with van der Waals surface area (Å²) in [6.07, 6.45) is 6.38. The van der Waals surface area contributed by atoms with Gasteiger partial charge in [0.05, 0.1) is 10.4 Å². The Kier molecular flexibility index (Phi) is 11.3. The summed E-state index contributed by atoms with van der Waals surface area (Å²) in [6, 6.07) is 1.44. The molecule has 0 atom stereocenters. The lowest BCUT2D eigenvalue weighted by atomic mass is 9.94. The average molecular weight is 459 g/mol. The van der Waals surface area contributed by atoms with E-state index in [1.165, 1.54) is 12.3 Å². The fourth-order valence-electron chi connectivity index (χ4n) is 3.17. The van der Waals surface area contributed by atoms with Crippen molar-refractivity contribution in [2.75, 3.05) is 0 Å². The molecule has 0 bridgehead atoms.